The van der Waals surface area contributed by atoms with Crippen LogP contribution in [0.5, 0.6) is 0 Å². The average Bonchev–Trinajstić information content (AvgIpc) is 3.04. The minimum atomic E-state index is 0.709. The highest BCUT2D eigenvalue weighted by molar-refractivity contribution is 7.16. The third kappa shape index (κ3) is 1.78. The van der Waals surface area contributed by atoms with Gasteiger partial charge < -0.3 is 5.32 Å². The standard InChI is InChI=1S/C12H10N6S/c1-2-9-11(7-5-15-18-8(1)7)17-12(19-9)16-10-6-13-3-4-14-10/h3-6H,1-2H2,(H,15,18)(H,14,16,17). The van der Waals surface area contributed by atoms with Gasteiger partial charge in [0.15, 0.2) is 10.9 Å². The number of hydrogen-bond donors (Lipinski definition) is 2. The molecule has 0 spiro atoms. The molecule has 4 rings (SSSR count). The van der Waals surface area contributed by atoms with Gasteiger partial charge in [0.1, 0.15) is 0 Å². The first-order chi connectivity index (χ1) is 9.40. The van der Waals surface area contributed by atoms with E-state index in [0.717, 1.165) is 29.2 Å². The summed E-state index contributed by atoms with van der Waals surface area (Å²) in [5.41, 5.74) is 3.32. The van der Waals surface area contributed by atoms with Gasteiger partial charge in [-0.25, -0.2) is 9.97 Å². The van der Waals surface area contributed by atoms with Gasteiger partial charge in [0, 0.05) is 28.5 Å². The van der Waals surface area contributed by atoms with E-state index in [1.165, 1.54) is 10.6 Å². The molecule has 0 unspecified atom stereocenters. The van der Waals surface area contributed by atoms with Crippen molar-refractivity contribution in [2.75, 3.05) is 5.32 Å². The predicted octanol–water partition coefficient (Wildman–Crippen LogP) is 2.17. The van der Waals surface area contributed by atoms with Gasteiger partial charge in [-0.3, -0.25) is 10.1 Å². The van der Waals surface area contributed by atoms with Crippen molar-refractivity contribution >= 4 is 22.3 Å². The maximum absolute atomic E-state index is 4.64. The van der Waals surface area contributed by atoms with Crippen LogP contribution in [0.15, 0.2) is 24.8 Å². The van der Waals surface area contributed by atoms with Crippen molar-refractivity contribution < 1.29 is 0 Å². The fraction of sp³-hybridized carbons (Fsp3) is 0.167. The van der Waals surface area contributed by atoms with Crippen molar-refractivity contribution in [2.24, 2.45) is 0 Å². The number of rotatable bonds is 2. The van der Waals surface area contributed by atoms with Gasteiger partial charge >= 0.3 is 0 Å². The highest BCUT2D eigenvalue weighted by Crippen LogP contribution is 2.37. The van der Waals surface area contributed by atoms with Crippen LogP contribution in [0.2, 0.25) is 0 Å². The van der Waals surface area contributed by atoms with Crippen LogP contribution >= 0.6 is 11.3 Å². The second-order valence-corrected chi connectivity index (χ2v) is 5.35. The van der Waals surface area contributed by atoms with Crippen LogP contribution in [0.3, 0.4) is 0 Å². The van der Waals surface area contributed by atoms with Crippen molar-refractivity contribution in [3.05, 3.63) is 35.4 Å². The minimum Gasteiger partial charge on any atom is -0.315 e. The molecule has 0 atom stereocenters. The summed E-state index contributed by atoms with van der Waals surface area (Å²) in [5, 5.41) is 11.2. The molecule has 0 saturated carbocycles. The van der Waals surface area contributed by atoms with E-state index in [9.17, 15) is 0 Å². The minimum absolute atomic E-state index is 0.709. The van der Waals surface area contributed by atoms with Crippen LogP contribution in [0.1, 0.15) is 10.6 Å². The van der Waals surface area contributed by atoms with Gasteiger partial charge in [-0.2, -0.15) is 5.10 Å². The molecule has 0 radical (unpaired) electrons. The Balaban J connectivity index is 1.71. The van der Waals surface area contributed by atoms with E-state index >= 15 is 0 Å². The Hall–Kier alpha value is -2.28. The van der Waals surface area contributed by atoms with E-state index in [4.69, 9.17) is 0 Å². The van der Waals surface area contributed by atoms with E-state index in [-0.39, 0.29) is 0 Å². The Bertz CT molecular complexity index is 717. The van der Waals surface area contributed by atoms with Gasteiger partial charge in [-0.05, 0) is 12.8 Å². The molecule has 0 fully saturated rings. The number of aromatic nitrogens is 5. The number of anilines is 2. The molecular weight excluding hydrogens is 260 g/mol. The number of hydrogen-bond acceptors (Lipinski definition) is 6. The summed E-state index contributed by atoms with van der Waals surface area (Å²) in [6.45, 7) is 0. The number of aryl methyl sites for hydroxylation is 2. The lowest BCUT2D eigenvalue weighted by molar-refractivity contribution is 0.891. The number of thiazole rings is 1. The summed E-state index contributed by atoms with van der Waals surface area (Å²) >= 11 is 1.67. The number of fused-ring (bicyclic) bond motifs is 3. The van der Waals surface area contributed by atoms with Crippen molar-refractivity contribution in [3.8, 4) is 11.3 Å². The Labute approximate surface area is 113 Å². The zero-order chi connectivity index (χ0) is 12.7. The lowest BCUT2D eigenvalue weighted by atomic mass is 10.0. The second kappa shape index (κ2) is 4.13. The fourth-order valence-corrected chi connectivity index (χ4v) is 3.19. The first kappa shape index (κ1) is 10.6. The first-order valence-electron chi connectivity index (χ1n) is 5.95. The molecule has 3 aromatic rings. The molecule has 0 aliphatic heterocycles. The normalized spacial score (nSPS) is 12.8. The van der Waals surface area contributed by atoms with E-state index < -0.39 is 0 Å². The second-order valence-electron chi connectivity index (χ2n) is 4.27. The highest BCUT2D eigenvalue weighted by atomic mass is 32.1. The van der Waals surface area contributed by atoms with Crippen molar-refractivity contribution in [2.45, 2.75) is 12.8 Å². The quantitative estimate of drug-likeness (QED) is 0.746. The first-order valence-corrected chi connectivity index (χ1v) is 6.77. The summed E-state index contributed by atoms with van der Waals surface area (Å²) < 4.78 is 0. The van der Waals surface area contributed by atoms with E-state index in [1.54, 1.807) is 29.9 Å². The molecule has 7 heteroatoms. The third-order valence-corrected chi connectivity index (χ3v) is 4.10. The SMILES string of the molecule is c1cnc(Nc2nc3c(s2)CCc2[nH]ncc2-3)cn1. The van der Waals surface area contributed by atoms with E-state index in [1.807, 2.05) is 6.20 Å². The van der Waals surface area contributed by atoms with E-state index in [0.29, 0.717) is 5.82 Å². The maximum atomic E-state index is 4.64. The molecule has 3 aromatic heterocycles. The number of nitrogens with one attached hydrogen (secondary N) is 2. The smallest absolute Gasteiger partial charge is 0.189 e. The fourth-order valence-electron chi connectivity index (χ4n) is 2.20. The summed E-state index contributed by atoms with van der Waals surface area (Å²) in [7, 11) is 0. The Morgan fingerprint density at radius 3 is 3.11 bits per heavy atom. The number of H-pyrrole nitrogens is 1. The Morgan fingerprint density at radius 1 is 1.21 bits per heavy atom. The highest BCUT2D eigenvalue weighted by Gasteiger charge is 2.22. The maximum Gasteiger partial charge on any atom is 0.189 e. The molecule has 2 N–H and O–H groups in total. The molecule has 94 valence electrons. The van der Waals surface area contributed by atoms with Crippen LogP contribution in [-0.2, 0) is 12.8 Å². The number of aromatic amines is 1. The van der Waals surface area contributed by atoms with Crippen molar-refractivity contribution in [1.29, 1.82) is 0 Å². The van der Waals surface area contributed by atoms with Gasteiger partial charge in [-0.15, -0.1) is 11.3 Å². The van der Waals surface area contributed by atoms with Crippen LogP contribution in [-0.4, -0.2) is 25.1 Å². The van der Waals surface area contributed by atoms with Gasteiger partial charge in [-0.1, -0.05) is 0 Å². The summed E-state index contributed by atoms with van der Waals surface area (Å²) in [5.74, 6) is 0.709. The van der Waals surface area contributed by atoms with E-state index in [2.05, 4.69) is 30.5 Å². The van der Waals surface area contributed by atoms with Gasteiger partial charge in [0.05, 0.1) is 18.1 Å². The molecule has 6 nitrogen and oxygen atoms in total. The average molecular weight is 270 g/mol. The summed E-state index contributed by atoms with van der Waals surface area (Å²) in [6.07, 6.45) is 8.84. The summed E-state index contributed by atoms with van der Waals surface area (Å²) in [6, 6.07) is 0. The van der Waals surface area contributed by atoms with Gasteiger partial charge in [0.2, 0.25) is 0 Å². The van der Waals surface area contributed by atoms with Crippen molar-refractivity contribution in [3.63, 3.8) is 0 Å². The zero-order valence-corrected chi connectivity index (χ0v) is 10.7. The lowest BCUT2D eigenvalue weighted by Crippen LogP contribution is -2.00. The molecular formula is C12H10N6S. The molecule has 0 amide bonds. The molecule has 3 heterocycles. The van der Waals surface area contributed by atoms with Gasteiger partial charge in [0.25, 0.3) is 0 Å². The van der Waals surface area contributed by atoms with Crippen LogP contribution in [0.25, 0.3) is 11.3 Å². The molecule has 0 bridgehead atoms. The zero-order valence-electron chi connectivity index (χ0n) is 9.92. The van der Waals surface area contributed by atoms with Crippen LogP contribution < -0.4 is 5.32 Å². The van der Waals surface area contributed by atoms with Crippen LogP contribution in [0, 0.1) is 0 Å². The largest absolute Gasteiger partial charge is 0.315 e. The molecule has 1 aliphatic carbocycles. The lowest BCUT2D eigenvalue weighted by Gasteiger charge is -2.08. The number of nitrogens with zero attached hydrogens (tertiary/aromatic N) is 4. The van der Waals surface area contributed by atoms with Crippen LogP contribution in [0.4, 0.5) is 10.9 Å². The van der Waals surface area contributed by atoms with Crippen molar-refractivity contribution in [1.82, 2.24) is 25.1 Å². The molecule has 1 aliphatic rings. The summed E-state index contributed by atoms with van der Waals surface area (Å²) in [4.78, 5) is 14.1. The topological polar surface area (TPSA) is 79.4 Å². The Morgan fingerprint density at radius 2 is 2.21 bits per heavy atom. The predicted molar refractivity (Wildman–Crippen MR) is 72.4 cm³/mol. The molecule has 19 heavy (non-hydrogen) atoms. The molecule has 0 saturated heterocycles. The Kier molecular flexibility index (Phi) is 2.31. The molecule has 0 aromatic carbocycles. The monoisotopic (exact) mass is 270 g/mol. The third-order valence-electron chi connectivity index (χ3n) is 3.07.